The average Bonchev–Trinajstić information content (AvgIpc) is 2.99. The Labute approximate surface area is 160 Å². The number of carbonyl (C=O) groups is 2. The van der Waals surface area contributed by atoms with Crippen LogP contribution >= 0.6 is 0 Å². The quantitative estimate of drug-likeness (QED) is 0.847. The van der Waals surface area contributed by atoms with Gasteiger partial charge in [0.05, 0.1) is 11.6 Å². The van der Waals surface area contributed by atoms with Crippen molar-refractivity contribution in [2.45, 2.75) is 32.2 Å². The normalized spacial score (nSPS) is 16.9. The van der Waals surface area contributed by atoms with Crippen molar-refractivity contribution in [2.24, 2.45) is 0 Å². The molecule has 0 saturated carbocycles. The van der Waals surface area contributed by atoms with Crippen LogP contribution in [0.5, 0.6) is 5.75 Å². The number of hydrogen-bond acceptors (Lipinski definition) is 3. The summed E-state index contributed by atoms with van der Waals surface area (Å²) >= 11 is 0. The standard InChI is InChI=1S/C20H19F3N2O3/c1-13(26)24-16-10-19(27)25(11-16)17-6-8-18(9-7-17)28-12-14-2-4-15(5-3-14)20(21,22)23/h2-9,16H,10-12H2,1H3,(H,24,26). The van der Waals surface area contributed by atoms with Gasteiger partial charge in [-0.05, 0) is 42.0 Å². The van der Waals surface area contributed by atoms with Crippen LogP contribution < -0.4 is 15.0 Å². The number of halogens is 3. The fraction of sp³-hybridized carbons (Fsp3) is 0.300. The van der Waals surface area contributed by atoms with Crippen LogP contribution in [-0.4, -0.2) is 24.4 Å². The van der Waals surface area contributed by atoms with Crippen molar-refractivity contribution in [1.29, 1.82) is 0 Å². The summed E-state index contributed by atoms with van der Waals surface area (Å²) in [6.45, 7) is 1.95. The van der Waals surface area contributed by atoms with Crippen LogP contribution in [0.4, 0.5) is 18.9 Å². The Morgan fingerprint density at radius 3 is 2.36 bits per heavy atom. The van der Waals surface area contributed by atoms with E-state index in [-0.39, 0.29) is 30.9 Å². The van der Waals surface area contributed by atoms with E-state index in [0.29, 0.717) is 23.5 Å². The van der Waals surface area contributed by atoms with Gasteiger partial charge in [0.15, 0.2) is 0 Å². The summed E-state index contributed by atoms with van der Waals surface area (Å²) in [4.78, 5) is 24.9. The van der Waals surface area contributed by atoms with E-state index >= 15 is 0 Å². The zero-order chi connectivity index (χ0) is 20.3. The summed E-state index contributed by atoms with van der Waals surface area (Å²) in [6.07, 6.45) is -4.10. The highest BCUT2D eigenvalue weighted by molar-refractivity contribution is 5.96. The first-order valence-electron chi connectivity index (χ1n) is 8.69. The number of carbonyl (C=O) groups excluding carboxylic acids is 2. The number of nitrogens with zero attached hydrogens (tertiary/aromatic N) is 1. The zero-order valence-corrected chi connectivity index (χ0v) is 15.1. The van der Waals surface area contributed by atoms with Crippen LogP contribution in [0, 0.1) is 0 Å². The third-order valence-electron chi connectivity index (χ3n) is 4.37. The maximum absolute atomic E-state index is 12.6. The summed E-state index contributed by atoms with van der Waals surface area (Å²) in [5.41, 5.74) is 0.609. The van der Waals surface area contributed by atoms with Gasteiger partial charge in [-0.1, -0.05) is 12.1 Å². The van der Waals surface area contributed by atoms with E-state index in [2.05, 4.69) is 5.32 Å². The lowest BCUT2D eigenvalue weighted by molar-refractivity contribution is -0.137. The molecule has 28 heavy (non-hydrogen) atoms. The Morgan fingerprint density at radius 1 is 1.14 bits per heavy atom. The molecule has 1 aliphatic heterocycles. The predicted molar refractivity (Wildman–Crippen MR) is 96.8 cm³/mol. The lowest BCUT2D eigenvalue weighted by Crippen LogP contribution is -2.35. The lowest BCUT2D eigenvalue weighted by Gasteiger charge is -2.17. The molecule has 3 rings (SSSR count). The van der Waals surface area contributed by atoms with Crippen molar-refractivity contribution in [2.75, 3.05) is 11.4 Å². The molecular formula is C20H19F3N2O3. The van der Waals surface area contributed by atoms with Crippen LogP contribution in [0.2, 0.25) is 0 Å². The van der Waals surface area contributed by atoms with E-state index in [9.17, 15) is 22.8 Å². The first kappa shape index (κ1) is 19.7. The third-order valence-corrected chi connectivity index (χ3v) is 4.37. The van der Waals surface area contributed by atoms with Crippen LogP contribution in [-0.2, 0) is 22.4 Å². The molecule has 1 atom stereocenters. The van der Waals surface area contributed by atoms with E-state index in [1.165, 1.54) is 19.1 Å². The molecule has 2 aromatic rings. The summed E-state index contributed by atoms with van der Waals surface area (Å²) in [5.74, 6) is 0.289. The van der Waals surface area contributed by atoms with Gasteiger partial charge < -0.3 is 15.0 Å². The molecule has 2 amide bonds. The van der Waals surface area contributed by atoms with Crippen LogP contribution in [0.3, 0.4) is 0 Å². The second-order valence-corrected chi connectivity index (χ2v) is 6.58. The lowest BCUT2D eigenvalue weighted by atomic mass is 10.1. The Hall–Kier alpha value is -3.03. The van der Waals surface area contributed by atoms with Crippen LogP contribution in [0.15, 0.2) is 48.5 Å². The van der Waals surface area contributed by atoms with Gasteiger partial charge in [-0.3, -0.25) is 9.59 Å². The fourth-order valence-electron chi connectivity index (χ4n) is 3.02. The number of anilines is 1. The Kier molecular flexibility index (Phi) is 5.58. The fourth-order valence-corrected chi connectivity index (χ4v) is 3.02. The summed E-state index contributed by atoms with van der Waals surface area (Å²) < 4.78 is 43.3. The number of nitrogens with one attached hydrogen (secondary N) is 1. The third kappa shape index (κ3) is 4.82. The Bertz CT molecular complexity index is 848. The predicted octanol–water partition coefficient (Wildman–Crippen LogP) is 3.53. The second-order valence-electron chi connectivity index (χ2n) is 6.58. The van der Waals surface area contributed by atoms with Gasteiger partial charge in [0, 0.05) is 25.6 Å². The highest BCUT2D eigenvalue weighted by Crippen LogP contribution is 2.29. The molecule has 1 unspecified atom stereocenters. The van der Waals surface area contributed by atoms with Crippen molar-refractivity contribution in [3.05, 3.63) is 59.7 Å². The minimum atomic E-state index is -4.36. The number of alkyl halides is 3. The SMILES string of the molecule is CC(=O)NC1CC(=O)N(c2ccc(OCc3ccc(C(F)(F)F)cc3)cc2)C1. The van der Waals surface area contributed by atoms with Gasteiger partial charge in [-0.15, -0.1) is 0 Å². The van der Waals surface area contributed by atoms with Gasteiger partial charge in [0.2, 0.25) is 11.8 Å². The molecule has 0 spiro atoms. The number of rotatable bonds is 5. The highest BCUT2D eigenvalue weighted by Gasteiger charge is 2.31. The van der Waals surface area contributed by atoms with Crippen LogP contribution in [0.25, 0.3) is 0 Å². The minimum Gasteiger partial charge on any atom is -0.489 e. The zero-order valence-electron chi connectivity index (χ0n) is 15.1. The van der Waals surface area contributed by atoms with Crippen molar-refractivity contribution in [1.82, 2.24) is 5.32 Å². The summed E-state index contributed by atoms with van der Waals surface area (Å²) in [6, 6.07) is 11.4. The molecule has 1 saturated heterocycles. The molecule has 0 bridgehead atoms. The largest absolute Gasteiger partial charge is 0.489 e. The molecule has 8 heteroatoms. The molecular weight excluding hydrogens is 373 g/mol. The second kappa shape index (κ2) is 7.92. The summed E-state index contributed by atoms with van der Waals surface area (Å²) in [5, 5.41) is 2.74. The molecule has 1 aliphatic rings. The molecule has 1 heterocycles. The van der Waals surface area contributed by atoms with Crippen molar-refractivity contribution < 1.29 is 27.5 Å². The molecule has 1 fully saturated rings. The van der Waals surface area contributed by atoms with Gasteiger partial charge >= 0.3 is 6.18 Å². The average molecular weight is 392 g/mol. The first-order chi connectivity index (χ1) is 13.2. The molecule has 148 valence electrons. The van der Waals surface area contributed by atoms with Gasteiger partial charge in [0.25, 0.3) is 0 Å². The monoisotopic (exact) mass is 392 g/mol. The maximum Gasteiger partial charge on any atom is 0.416 e. The number of benzene rings is 2. The Balaban J connectivity index is 1.57. The van der Waals surface area contributed by atoms with Crippen LogP contribution in [0.1, 0.15) is 24.5 Å². The first-order valence-corrected chi connectivity index (χ1v) is 8.69. The van der Waals surface area contributed by atoms with Crippen molar-refractivity contribution in [3.8, 4) is 5.75 Å². The molecule has 5 nitrogen and oxygen atoms in total. The van der Waals surface area contributed by atoms with E-state index in [0.717, 1.165) is 12.1 Å². The van der Waals surface area contributed by atoms with Gasteiger partial charge in [-0.2, -0.15) is 13.2 Å². The molecule has 0 aromatic heterocycles. The highest BCUT2D eigenvalue weighted by atomic mass is 19.4. The number of amides is 2. The van der Waals surface area contributed by atoms with E-state index in [4.69, 9.17) is 4.74 Å². The topological polar surface area (TPSA) is 58.6 Å². The van der Waals surface area contributed by atoms with Gasteiger partial charge in [0.1, 0.15) is 12.4 Å². The van der Waals surface area contributed by atoms with Crippen molar-refractivity contribution >= 4 is 17.5 Å². The maximum atomic E-state index is 12.6. The number of ether oxygens (including phenoxy) is 1. The van der Waals surface area contributed by atoms with Crippen molar-refractivity contribution in [3.63, 3.8) is 0 Å². The molecule has 2 aromatic carbocycles. The molecule has 0 radical (unpaired) electrons. The number of hydrogen-bond donors (Lipinski definition) is 1. The van der Waals surface area contributed by atoms with E-state index < -0.39 is 11.7 Å². The van der Waals surface area contributed by atoms with Gasteiger partial charge in [-0.25, -0.2) is 0 Å². The molecule has 1 N–H and O–H groups in total. The summed E-state index contributed by atoms with van der Waals surface area (Å²) in [7, 11) is 0. The Morgan fingerprint density at radius 2 is 1.79 bits per heavy atom. The molecule has 0 aliphatic carbocycles. The van der Waals surface area contributed by atoms with E-state index in [1.54, 1.807) is 29.2 Å². The smallest absolute Gasteiger partial charge is 0.416 e. The minimum absolute atomic E-state index is 0.0721. The van der Waals surface area contributed by atoms with E-state index in [1.807, 2.05) is 0 Å².